The number of aromatic amines is 1. The fourth-order valence-electron chi connectivity index (χ4n) is 3.12. The predicted octanol–water partition coefficient (Wildman–Crippen LogP) is 0.894. The molecule has 0 aliphatic rings. The van der Waals surface area contributed by atoms with Crippen molar-refractivity contribution >= 4 is 28.6 Å². The molecule has 0 radical (unpaired) electrons. The van der Waals surface area contributed by atoms with Crippen LogP contribution in [0.3, 0.4) is 0 Å². The van der Waals surface area contributed by atoms with E-state index < -0.39 is 0 Å². The highest BCUT2D eigenvalue weighted by Crippen LogP contribution is 2.32. The van der Waals surface area contributed by atoms with Gasteiger partial charge in [0.05, 0.1) is 23.6 Å². The molecule has 3 rings (SSSR count). The summed E-state index contributed by atoms with van der Waals surface area (Å²) in [6, 6.07) is 5.12. The van der Waals surface area contributed by atoms with E-state index in [1.54, 1.807) is 29.9 Å². The van der Waals surface area contributed by atoms with Gasteiger partial charge in [-0.05, 0) is 31.5 Å². The number of rotatable bonds is 6. The van der Waals surface area contributed by atoms with E-state index in [0.717, 1.165) is 12.1 Å². The lowest BCUT2D eigenvalue weighted by atomic mass is 10.1. The maximum Gasteiger partial charge on any atom is 0.277 e. The Hall–Kier alpha value is -3.89. The summed E-state index contributed by atoms with van der Waals surface area (Å²) in [5.74, 6) is 0.595. The monoisotopic (exact) mass is 411 g/mol. The molecule has 1 aromatic carbocycles. The Kier molecular flexibility index (Phi) is 6.00. The van der Waals surface area contributed by atoms with E-state index in [1.165, 1.54) is 0 Å². The zero-order chi connectivity index (χ0) is 21.8. The van der Waals surface area contributed by atoms with Crippen molar-refractivity contribution in [2.45, 2.75) is 26.7 Å². The van der Waals surface area contributed by atoms with E-state index in [9.17, 15) is 4.79 Å². The second kappa shape index (κ2) is 8.64. The molecule has 0 saturated carbocycles. The van der Waals surface area contributed by atoms with Gasteiger partial charge in [0.1, 0.15) is 17.1 Å². The van der Waals surface area contributed by atoms with Crippen LogP contribution in [0.1, 0.15) is 26.0 Å². The van der Waals surface area contributed by atoms with Crippen molar-refractivity contribution in [3.8, 4) is 17.1 Å². The molecule has 2 heterocycles. The quantitative estimate of drug-likeness (QED) is 0.344. The van der Waals surface area contributed by atoms with Gasteiger partial charge in [-0.3, -0.25) is 9.48 Å². The maximum atomic E-state index is 12.8. The largest absolute Gasteiger partial charge is 0.493 e. The molecule has 7 N–H and O–H groups in total. The molecule has 2 aromatic heterocycles. The number of fused-ring (bicyclic) bond motifs is 1. The van der Waals surface area contributed by atoms with Gasteiger partial charge in [0.2, 0.25) is 5.96 Å². The topological polar surface area (TPSA) is 176 Å². The second-order valence-corrected chi connectivity index (χ2v) is 6.55. The normalized spacial score (nSPS) is 11.6. The third-order valence-corrected chi connectivity index (χ3v) is 4.25. The third kappa shape index (κ3) is 4.24. The number of ether oxygens (including phenoxy) is 1. The van der Waals surface area contributed by atoms with Crippen molar-refractivity contribution in [1.82, 2.24) is 19.7 Å². The molecule has 11 nitrogen and oxygen atoms in total. The van der Waals surface area contributed by atoms with Crippen LogP contribution in [-0.2, 0) is 13.5 Å². The lowest BCUT2D eigenvalue weighted by Crippen LogP contribution is -2.26. The predicted molar refractivity (Wildman–Crippen MR) is 117 cm³/mol. The molecule has 158 valence electrons. The van der Waals surface area contributed by atoms with Gasteiger partial charge < -0.3 is 26.9 Å². The van der Waals surface area contributed by atoms with Crippen molar-refractivity contribution < 1.29 is 4.74 Å². The summed E-state index contributed by atoms with van der Waals surface area (Å²) in [5, 5.41) is 4.44. The first kappa shape index (κ1) is 20.8. The van der Waals surface area contributed by atoms with Gasteiger partial charge in [-0.1, -0.05) is 13.3 Å². The Labute approximate surface area is 172 Å². The van der Waals surface area contributed by atoms with Gasteiger partial charge in [0, 0.05) is 7.05 Å². The van der Waals surface area contributed by atoms with Gasteiger partial charge in [-0.2, -0.15) is 10.1 Å². The first-order valence-corrected chi connectivity index (χ1v) is 9.50. The van der Waals surface area contributed by atoms with Crippen LogP contribution in [0.5, 0.6) is 5.75 Å². The third-order valence-electron chi connectivity index (χ3n) is 4.25. The molecule has 0 unspecified atom stereocenters. The lowest BCUT2D eigenvalue weighted by molar-refractivity contribution is 0.341. The summed E-state index contributed by atoms with van der Waals surface area (Å²) in [6.45, 7) is 4.35. The Bertz CT molecular complexity index is 1190. The Morgan fingerprint density at radius 2 is 2.03 bits per heavy atom. The van der Waals surface area contributed by atoms with Crippen molar-refractivity contribution in [1.29, 1.82) is 0 Å². The average molecular weight is 411 g/mol. The molecule has 0 saturated heterocycles. The number of benzene rings is 1. The Balaban J connectivity index is 2.21. The summed E-state index contributed by atoms with van der Waals surface area (Å²) in [4.78, 5) is 28.2. The average Bonchev–Trinajstić information content (AvgIpc) is 2.98. The number of nitrogens with two attached hydrogens (primary N) is 3. The maximum absolute atomic E-state index is 12.8. The molecule has 0 atom stereocenters. The number of nitrogens with zero attached hydrogens (tertiary/aromatic N) is 5. The van der Waals surface area contributed by atoms with Crippen LogP contribution in [0.15, 0.2) is 33.0 Å². The summed E-state index contributed by atoms with van der Waals surface area (Å²) < 4.78 is 7.27. The van der Waals surface area contributed by atoms with Crippen molar-refractivity contribution in [2.75, 3.05) is 6.61 Å². The van der Waals surface area contributed by atoms with Gasteiger partial charge >= 0.3 is 0 Å². The number of aromatic nitrogens is 4. The first-order chi connectivity index (χ1) is 14.3. The summed E-state index contributed by atoms with van der Waals surface area (Å²) >= 11 is 0. The zero-order valence-corrected chi connectivity index (χ0v) is 17.1. The molecule has 11 heteroatoms. The number of aryl methyl sites for hydroxylation is 2. The van der Waals surface area contributed by atoms with Gasteiger partial charge in [-0.25, -0.2) is 9.98 Å². The molecule has 0 fully saturated rings. The highest BCUT2D eigenvalue weighted by atomic mass is 16.5. The van der Waals surface area contributed by atoms with E-state index in [-0.39, 0.29) is 17.5 Å². The number of hydrogen-bond acceptors (Lipinski definition) is 5. The number of hydrogen-bond donors (Lipinski definition) is 4. The minimum absolute atomic E-state index is 0.0977. The van der Waals surface area contributed by atoms with E-state index in [0.29, 0.717) is 46.9 Å². The number of aliphatic imine (C=N–C) groups is 2. The van der Waals surface area contributed by atoms with Crippen LogP contribution < -0.4 is 27.5 Å². The Morgan fingerprint density at radius 3 is 2.70 bits per heavy atom. The smallest absolute Gasteiger partial charge is 0.277 e. The minimum Gasteiger partial charge on any atom is -0.493 e. The van der Waals surface area contributed by atoms with Crippen LogP contribution >= 0.6 is 0 Å². The summed E-state index contributed by atoms with van der Waals surface area (Å²) in [5.41, 5.74) is 18.9. The van der Waals surface area contributed by atoms with Crippen LogP contribution in [0.25, 0.3) is 22.4 Å². The van der Waals surface area contributed by atoms with Crippen molar-refractivity contribution in [3.05, 3.63) is 34.2 Å². The summed E-state index contributed by atoms with van der Waals surface area (Å²) in [7, 11) is 1.73. The molecule has 30 heavy (non-hydrogen) atoms. The molecule has 0 aliphatic carbocycles. The molecular weight excluding hydrogens is 386 g/mol. The van der Waals surface area contributed by atoms with Crippen LogP contribution in [0, 0.1) is 0 Å². The molecule has 0 aliphatic heterocycles. The van der Waals surface area contributed by atoms with E-state index >= 15 is 0 Å². The van der Waals surface area contributed by atoms with E-state index in [4.69, 9.17) is 26.9 Å². The number of H-pyrrole nitrogens is 1. The molecule has 0 spiro atoms. The summed E-state index contributed by atoms with van der Waals surface area (Å²) in [6.07, 6.45) is 1.60. The second-order valence-electron chi connectivity index (χ2n) is 6.55. The fraction of sp³-hybridized carbons (Fsp3) is 0.316. The minimum atomic E-state index is -0.288. The molecular formula is C19H25N9O2. The lowest BCUT2D eigenvalue weighted by Gasteiger charge is -2.11. The number of nitrogens with one attached hydrogen (secondary N) is 1. The van der Waals surface area contributed by atoms with Crippen molar-refractivity contribution in [2.24, 2.45) is 34.2 Å². The van der Waals surface area contributed by atoms with Gasteiger partial charge in [0.25, 0.3) is 5.56 Å². The van der Waals surface area contributed by atoms with E-state index in [2.05, 4.69) is 20.1 Å². The van der Waals surface area contributed by atoms with Gasteiger partial charge in [-0.15, -0.1) is 0 Å². The van der Waals surface area contributed by atoms with Crippen LogP contribution in [-0.4, -0.2) is 38.3 Å². The van der Waals surface area contributed by atoms with E-state index in [1.807, 2.05) is 13.8 Å². The highest BCUT2D eigenvalue weighted by molar-refractivity contribution is 5.93. The Morgan fingerprint density at radius 1 is 1.27 bits per heavy atom. The van der Waals surface area contributed by atoms with Crippen LogP contribution in [0.2, 0.25) is 0 Å². The number of guanidine groups is 2. The first-order valence-electron chi connectivity index (χ1n) is 9.50. The molecule has 0 bridgehead atoms. The molecule has 3 aromatic rings. The standard InChI is InChI=1S/C19H25N9O2/c1-4-6-12-14-15(28(3)27-12)17(29)25-16(24-14)11-9-10(7-8-13(11)30-5-2)23-19(22)26-18(20)21/h7-9H,4-6H2,1-3H3,(H,24,25,29)(H6,20,21,22,23,26). The van der Waals surface area contributed by atoms with Gasteiger partial charge in [0.15, 0.2) is 11.5 Å². The fourth-order valence-corrected chi connectivity index (χ4v) is 3.12. The molecule has 0 amide bonds. The van der Waals surface area contributed by atoms with Crippen LogP contribution in [0.4, 0.5) is 5.69 Å². The van der Waals surface area contributed by atoms with Crippen molar-refractivity contribution in [3.63, 3.8) is 0 Å². The zero-order valence-electron chi connectivity index (χ0n) is 17.1. The SMILES string of the molecule is CCCc1nn(C)c2c(=O)[nH]c(-c3cc(N=C(N)N=C(N)N)ccc3OCC)nc12. The highest BCUT2D eigenvalue weighted by Gasteiger charge is 2.17.